The van der Waals surface area contributed by atoms with E-state index in [1.807, 2.05) is 13.1 Å². The number of hydrogen-bond donors (Lipinski definition) is 1. The first-order valence-electron chi connectivity index (χ1n) is 6.06. The second-order valence-electron chi connectivity index (χ2n) is 4.73. The Labute approximate surface area is 101 Å². The highest BCUT2D eigenvalue weighted by atomic mass is 16.5. The van der Waals surface area contributed by atoms with Crippen LogP contribution in [0.5, 0.6) is 5.75 Å². The highest BCUT2D eigenvalue weighted by molar-refractivity contribution is 5.91. The van der Waals surface area contributed by atoms with Gasteiger partial charge in [-0.3, -0.25) is 0 Å². The Bertz CT molecular complexity index is 571. The lowest BCUT2D eigenvalue weighted by Gasteiger charge is -2.10. The maximum Gasteiger partial charge on any atom is 0.143 e. The number of likely N-dealkylation sites (N-methyl/N-ethyl adjacent to an activating group) is 1. The fourth-order valence-corrected chi connectivity index (χ4v) is 3.01. The van der Waals surface area contributed by atoms with Gasteiger partial charge in [0, 0.05) is 30.6 Å². The minimum Gasteiger partial charge on any atom is -0.495 e. The summed E-state index contributed by atoms with van der Waals surface area (Å²) < 4.78 is 7.75. The van der Waals surface area contributed by atoms with Crippen LogP contribution in [0, 0.1) is 0 Å². The molecule has 1 aliphatic rings. The van der Waals surface area contributed by atoms with Crippen molar-refractivity contribution in [3.63, 3.8) is 0 Å². The van der Waals surface area contributed by atoms with Crippen molar-refractivity contribution in [2.24, 2.45) is 7.05 Å². The zero-order chi connectivity index (χ0) is 12.0. The summed E-state index contributed by atoms with van der Waals surface area (Å²) in [5, 5.41) is 4.72. The second-order valence-corrected chi connectivity index (χ2v) is 4.73. The predicted octanol–water partition coefficient (Wildman–Crippen LogP) is 1.87. The number of benzene rings is 1. The molecule has 1 N–H and O–H groups in total. The van der Waals surface area contributed by atoms with E-state index in [0.717, 1.165) is 18.6 Å². The lowest BCUT2D eigenvalue weighted by atomic mass is 10.1. The average Bonchev–Trinajstić information content (AvgIpc) is 2.89. The van der Waals surface area contributed by atoms with E-state index in [1.54, 1.807) is 7.11 Å². The van der Waals surface area contributed by atoms with Gasteiger partial charge in [-0.1, -0.05) is 12.1 Å². The van der Waals surface area contributed by atoms with Crippen LogP contribution in [0.15, 0.2) is 18.2 Å². The van der Waals surface area contributed by atoms with E-state index in [-0.39, 0.29) is 0 Å². The fourth-order valence-electron chi connectivity index (χ4n) is 3.01. The third-order valence-electron chi connectivity index (χ3n) is 3.93. The van der Waals surface area contributed by atoms with E-state index in [1.165, 1.54) is 22.2 Å². The third kappa shape index (κ3) is 1.39. The molecule has 0 radical (unpaired) electrons. The lowest BCUT2D eigenvalue weighted by molar-refractivity contribution is 0.417. The topological polar surface area (TPSA) is 26.2 Å². The van der Waals surface area contributed by atoms with E-state index in [0.29, 0.717) is 6.04 Å². The van der Waals surface area contributed by atoms with Gasteiger partial charge in [0.05, 0.1) is 12.6 Å². The molecule has 0 amide bonds. The van der Waals surface area contributed by atoms with Gasteiger partial charge in [-0.2, -0.15) is 0 Å². The Morgan fingerprint density at radius 1 is 1.35 bits per heavy atom. The standard InChI is InChI=1S/C14H18N2O/c1-15-9-7-11-10-5-4-6-13(17-3)14(10)16(2)12(11)8-9/h4-6,9,15H,7-8H2,1-3H3. The summed E-state index contributed by atoms with van der Waals surface area (Å²) in [6, 6.07) is 6.90. The number of fused-ring (bicyclic) bond motifs is 3. The van der Waals surface area contributed by atoms with Gasteiger partial charge < -0.3 is 14.6 Å². The van der Waals surface area contributed by atoms with Crippen molar-refractivity contribution in [3.8, 4) is 5.75 Å². The largest absolute Gasteiger partial charge is 0.495 e. The molecule has 17 heavy (non-hydrogen) atoms. The van der Waals surface area contributed by atoms with Crippen LogP contribution in [0.1, 0.15) is 11.3 Å². The number of hydrogen-bond acceptors (Lipinski definition) is 2. The van der Waals surface area contributed by atoms with Crippen molar-refractivity contribution in [1.82, 2.24) is 9.88 Å². The molecule has 0 aliphatic heterocycles. The molecule has 1 heterocycles. The molecule has 2 aromatic rings. The Kier molecular flexibility index (Phi) is 2.37. The monoisotopic (exact) mass is 230 g/mol. The third-order valence-corrected chi connectivity index (χ3v) is 3.93. The van der Waals surface area contributed by atoms with Gasteiger partial charge in [-0.15, -0.1) is 0 Å². The molecule has 1 unspecified atom stereocenters. The predicted molar refractivity (Wildman–Crippen MR) is 69.7 cm³/mol. The van der Waals surface area contributed by atoms with Crippen molar-refractivity contribution in [2.75, 3.05) is 14.2 Å². The molecule has 1 aromatic heterocycles. The molecular formula is C14H18N2O. The Balaban J connectivity index is 2.25. The minimum absolute atomic E-state index is 0.585. The molecule has 0 saturated heterocycles. The van der Waals surface area contributed by atoms with Gasteiger partial charge in [-0.25, -0.2) is 0 Å². The minimum atomic E-state index is 0.585. The fraction of sp³-hybridized carbons (Fsp3) is 0.429. The molecule has 0 spiro atoms. The molecule has 0 saturated carbocycles. The van der Waals surface area contributed by atoms with Crippen molar-refractivity contribution >= 4 is 10.9 Å². The number of methoxy groups -OCH3 is 1. The van der Waals surface area contributed by atoms with Gasteiger partial charge in [-0.05, 0) is 25.1 Å². The molecule has 1 aromatic carbocycles. The van der Waals surface area contributed by atoms with Crippen LogP contribution in [-0.4, -0.2) is 24.8 Å². The smallest absolute Gasteiger partial charge is 0.143 e. The van der Waals surface area contributed by atoms with Gasteiger partial charge in [0.25, 0.3) is 0 Å². The Hall–Kier alpha value is -1.48. The molecule has 0 fully saturated rings. The summed E-state index contributed by atoms with van der Waals surface area (Å²) >= 11 is 0. The van der Waals surface area contributed by atoms with E-state index in [9.17, 15) is 0 Å². The molecular weight excluding hydrogens is 212 g/mol. The zero-order valence-corrected chi connectivity index (χ0v) is 10.6. The molecule has 1 atom stereocenters. The first kappa shape index (κ1) is 10.7. The van der Waals surface area contributed by atoms with Crippen LogP contribution in [-0.2, 0) is 19.9 Å². The van der Waals surface area contributed by atoms with Crippen molar-refractivity contribution in [3.05, 3.63) is 29.5 Å². The molecule has 3 nitrogen and oxygen atoms in total. The van der Waals surface area contributed by atoms with Gasteiger partial charge in [0.1, 0.15) is 5.75 Å². The average molecular weight is 230 g/mol. The number of nitrogens with zero attached hydrogens (tertiary/aromatic N) is 1. The van der Waals surface area contributed by atoms with Crippen LogP contribution in [0.4, 0.5) is 0 Å². The SMILES string of the molecule is CNC1Cc2c(n(C)c3c(OC)cccc23)C1. The van der Waals surface area contributed by atoms with Crippen LogP contribution in [0.2, 0.25) is 0 Å². The number of aryl methyl sites for hydroxylation is 1. The van der Waals surface area contributed by atoms with Crippen molar-refractivity contribution < 1.29 is 4.74 Å². The molecule has 3 heteroatoms. The van der Waals surface area contributed by atoms with Crippen LogP contribution < -0.4 is 10.1 Å². The lowest BCUT2D eigenvalue weighted by Crippen LogP contribution is -2.25. The second kappa shape index (κ2) is 3.77. The van der Waals surface area contributed by atoms with E-state index >= 15 is 0 Å². The number of aromatic nitrogens is 1. The first-order valence-corrected chi connectivity index (χ1v) is 6.06. The summed E-state index contributed by atoms with van der Waals surface area (Å²) in [6.07, 6.45) is 2.23. The number of rotatable bonds is 2. The summed E-state index contributed by atoms with van der Waals surface area (Å²) in [5.41, 5.74) is 4.17. The van der Waals surface area contributed by atoms with E-state index in [2.05, 4.69) is 29.1 Å². The van der Waals surface area contributed by atoms with E-state index < -0.39 is 0 Å². The summed E-state index contributed by atoms with van der Waals surface area (Å²) in [4.78, 5) is 0. The van der Waals surface area contributed by atoms with Gasteiger partial charge >= 0.3 is 0 Å². The Morgan fingerprint density at radius 2 is 2.18 bits per heavy atom. The first-order chi connectivity index (χ1) is 8.26. The molecule has 3 rings (SSSR count). The van der Waals surface area contributed by atoms with Crippen LogP contribution >= 0.6 is 0 Å². The number of nitrogens with one attached hydrogen (secondary N) is 1. The van der Waals surface area contributed by atoms with Crippen LogP contribution in [0.25, 0.3) is 10.9 Å². The number of ether oxygens (including phenoxy) is 1. The highest BCUT2D eigenvalue weighted by Crippen LogP contribution is 2.36. The highest BCUT2D eigenvalue weighted by Gasteiger charge is 2.27. The number of para-hydroxylation sites is 1. The van der Waals surface area contributed by atoms with Crippen molar-refractivity contribution in [2.45, 2.75) is 18.9 Å². The van der Waals surface area contributed by atoms with Gasteiger partial charge in [0.2, 0.25) is 0 Å². The summed E-state index contributed by atoms with van der Waals surface area (Å²) in [5.74, 6) is 0.973. The molecule has 90 valence electrons. The normalized spacial score (nSPS) is 18.6. The maximum atomic E-state index is 5.46. The van der Waals surface area contributed by atoms with E-state index in [4.69, 9.17) is 4.74 Å². The van der Waals surface area contributed by atoms with Crippen LogP contribution in [0.3, 0.4) is 0 Å². The molecule has 1 aliphatic carbocycles. The quantitative estimate of drug-likeness (QED) is 0.852. The summed E-state index contributed by atoms with van der Waals surface area (Å²) in [7, 11) is 5.92. The zero-order valence-electron chi connectivity index (χ0n) is 10.6. The van der Waals surface area contributed by atoms with Gasteiger partial charge in [0.15, 0.2) is 0 Å². The Morgan fingerprint density at radius 3 is 2.88 bits per heavy atom. The maximum absolute atomic E-state index is 5.46. The molecule has 0 bridgehead atoms. The summed E-state index contributed by atoms with van der Waals surface area (Å²) in [6.45, 7) is 0. The van der Waals surface area contributed by atoms with Crippen molar-refractivity contribution in [1.29, 1.82) is 0 Å².